The number of nitrogens with two attached hydrogens (primary N) is 1. The number of nitrogens with one attached hydrogen (secondary N) is 1. The van der Waals surface area contributed by atoms with Crippen LogP contribution in [0.2, 0.25) is 0 Å². The highest BCUT2D eigenvalue weighted by Gasteiger charge is 2.28. The van der Waals surface area contributed by atoms with Crippen molar-refractivity contribution in [2.24, 2.45) is 5.73 Å². The lowest BCUT2D eigenvalue weighted by Gasteiger charge is -2.33. The van der Waals surface area contributed by atoms with Crippen molar-refractivity contribution in [2.75, 3.05) is 6.54 Å². The van der Waals surface area contributed by atoms with Crippen molar-refractivity contribution in [3.63, 3.8) is 0 Å². The number of amides is 1. The number of hydrogen-bond acceptors (Lipinski definition) is 4. The maximum absolute atomic E-state index is 12.3. The second-order valence-electron chi connectivity index (χ2n) is 5.57. The average molecular weight is 310 g/mol. The van der Waals surface area contributed by atoms with Crippen LogP contribution in [0.25, 0.3) is 5.52 Å². The molecule has 0 bridgehead atoms. The molecule has 0 spiro atoms. The zero-order valence-electron chi connectivity index (χ0n) is 11.8. The van der Waals surface area contributed by atoms with E-state index in [1.165, 1.54) is 6.42 Å². The van der Waals surface area contributed by atoms with Crippen LogP contribution in [-0.4, -0.2) is 32.6 Å². The van der Waals surface area contributed by atoms with Crippen LogP contribution >= 0.6 is 12.4 Å². The number of fused-ring (bicyclic) bond motifs is 1. The van der Waals surface area contributed by atoms with E-state index in [0.29, 0.717) is 17.6 Å². The van der Waals surface area contributed by atoms with E-state index in [2.05, 4.69) is 15.4 Å². The molecular formula is C14H20ClN5O. The first kappa shape index (κ1) is 15.7. The van der Waals surface area contributed by atoms with Gasteiger partial charge in [-0.2, -0.15) is 5.10 Å². The van der Waals surface area contributed by atoms with Crippen LogP contribution in [0, 0.1) is 0 Å². The predicted octanol–water partition coefficient (Wildman–Crippen LogP) is 1.54. The molecule has 1 fully saturated rings. The topological polar surface area (TPSA) is 85.3 Å². The fourth-order valence-corrected chi connectivity index (χ4v) is 2.79. The van der Waals surface area contributed by atoms with Gasteiger partial charge in [-0.1, -0.05) is 19.3 Å². The lowest BCUT2D eigenvalue weighted by Crippen LogP contribution is -2.51. The predicted molar refractivity (Wildman–Crippen MR) is 82.6 cm³/mol. The van der Waals surface area contributed by atoms with Gasteiger partial charge < -0.3 is 11.1 Å². The van der Waals surface area contributed by atoms with Crippen LogP contribution in [0.5, 0.6) is 0 Å². The molecule has 21 heavy (non-hydrogen) atoms. The molecule has 2 aromatic heterocycles. The Labute approximate surface area is 129 Å². The van der Waals surface area contributed by atoms with Gasteiger partial charge in [-0.25, -0.2) is 4.52 Å². The summed E-state index contributed by atoms with van der Waals surface area (Å²) in [5.41, 5.74) is 7.32. The number of carbonyl (C=O) groups excluding carboxylic acids is 1. The molecule has 0 unspecified atom stereocenters. The van der Waals surface area contributed by atoms with Gasteiger partial charge in [0.25, 0.3) is 5.91 Å². The number of nitrogens with zero attached hydrogens (tertiary/aromatic N) is 3. The van der Waals surface area contributed by atoms with Crippen molar-refractivity contribution in [3.8, 4) is 0 Å². The van der Waals surface area contributed by atoms with E-state index in [9.17, 15) is 4.79 Å². The molecule has 3 rings (SSSR count). The number of aromatic nitrogens is 3. The molecule has 0 radical (unpaired) electrons. The Kier molecular flexibility index (Phi) is 4.80. The van der Waals surface area contributed by atoms with Crippen molar-refractivity contribution in [2.45, 2.75) is 37.6 Å². The summed E-state index contributed by atoms with van der Waals surface area (Å²) in [6.07, 6.45) is 12.0. The molecule has 0 atom stereocenters. The van der Waals surface area contributed by atoms with Gasteiger partial charge in [-0.15, -0.1) is 12.4 Å². The van der Waals surface area contributed by atoms with Crippen LogP contribution in [0.15, 0.2) is 24.8 Å². The molecule has 7 heteroatoms. The van der Waals surface area contributed by atoms with E-state index in [1.807, 2.05) is 0 Å². The molecule has 114 valence electrons. The van der Waals surface area contributed by atoms with E-state index in [1.54, 1.807) is 29.3 Å². The summed E-state index contributed by atoms with van der Waals surface area (Å²) in [7, 11) is 0. The van der Waals surface area contributed by atoms with Crippen LogP contribution in [0.1, 0.15) is 42.5 Å². The summed E-state index contributed by atoms with van der Waals surface area (Å²) in [6, 6.07) is 0. The Morgan fingerprint density at radius 1 is 1.33 bits per heavy atom. The summed E-state index contributed by atoms with van der Waals surface area (Å²) in [4.78, 5) is 16.3. The average Bonchev–Trinajstić information content (AvgIpc) is 2.90. The molecule has 0 aliphatic heterocycles. The zero-order valence-corrected chi connectivity index (χ0v) is 12.6. The van der Waals surface area contributed by atoms with Gasteiger partial charge in [0.2, 0.25) is 0 Å². The number of carbonyl (C=O) groups is 1. The number of halogens is 1. The molecule has 0 saturated heterocycles. The lowest BCUT2D eigenvalue weighted by atomic mass is 9.82. The molecule has 6 nitrogen and oxygen atoms in total. The Balaban J connectivity index is 0.00000161. The number of hydrogen-bond donors (Lipinski definition) is 2. The second-order valence-corrected chi connectivity index (χ2v) is 5.57. The van der Waals surface area contributed by atoms with E-state index >= 15 is 0 Å². The van der Waals surface area contributed by atoms with Crippen LogP contribution in [-0.2, 0) is 0 Å². The first-order valence-electron chi connectivity index (χ1n) is 7.02. The van der Waals surface area contributed by atoms with E-state index < -0.39 is 0 Å². The van der Waals surface area contributed by atoms with Crippen LogP contribution in [0.4, 0.5) is 0 Å². The van der Waals surface area contributed by atoms with Crippen molar-refractivity contribution in [1.29, 1.82) is 0 Å². The van der Waals surface area contributed by atoms with Gasteiger partial charge in [-0.05, 0) is 12.8 Å². The number of rotatable bonds is 3. The van der Waals surface area contributed by atoms with Gasteiger partial charge in [0, 0.05) is 24.5 Å². The van der Waals surface area contributed by atoms with Crippen molar-refractivity contribution in [1.82, 2.24) is 19.9 Å². The minimum atomic E-state index is -0.255. The minimum Gasteiger partial charge on any atom is -0.350 e. The Morgan fingerprint density at radius 3 is 2.86 bits per heavy atom. The smallest absolute Gasteiger partial charge is 0.255 e. The quantitative estimate of drug-likeness (QED) is 0.900. The summed E-state index contributed by atoms with van der Waals surface area (Å²) in [6.45, 7) is 0.517. The Hall–Kier alpha value is -1.66. The third-order valence-corrected chi connectivity index (χ3v) is 4.02. The third-order valence-electron chi connectivity index (χ3n) is 4.02. The Morgan fingerprint density at radius 2 is 2.10 bits per heavy atom. The highest BCUT2D eigenvalue weighted by molar-refractivity contribution is 6.00. The molecule has 1 saturated carbocycles. The molecule has 2 heterocycles. The van der Waals surface area contributed by atoms with E-state index in [-0.39, 0.29) is 23.9 Å². The normalized spacial score (nSPS) is 17.2. The Bertz CT molecular complexity index is 621. The SMILES string of the molecule is Cl.NC1(CNC(=O)c2cnn3ccncc23)CCCCC1. The minimum absolute atomic E-state index is 0. The third kappa shape index (κ3) is 3.33. The van der Waals surface area contributed by atoms with Gasteiger partial charge in [0.15, 0.2) is 0 Å². The first-order valence-corrected chi connectivity index (χ1v) is 7.02. The molecule has 1 amide bonds. The van der Waals surface area contributed by atoms with Crippen molar-refractivity contribution < 1.29 is 4.79 Å². The fraction of sp³-hybridized carbons (Fsp3) is 0.500. The van der Waals surface area contributed by atoms with Gasteiger partial charge in [-0.3, -0.25) is 9.78 Å². The maximum Gasteiger partial charge on any atom is 0.255 e. The monoisotopic (exact) mass is 309 g/mol. The molecule has 3 N–H and O–H groups in total. The van der Waals surface area contributed by atoms with E-state index in [4.69, 9.17) is 5.73 Å². The summed E-state index contributed by atoms with van der Waals surface area (Å²) in [5.74, 6) is -0.136. The molecule has 2 aromatic rings. The highest BCUT2D eigenvalue weighted by atomic mass is 35.5. The lowest BCUT2D eigenvalue weighted by molar-refractivity contribution is 0.0939. The van der Waals surface area contributed by atoms with Crippen LogP contribution in [0.3, 0.4) is 0 Å². The summed E-state index contributed by atoms with van der Waals surface area (Å²) >= 11 is 0. The molecular weight excluding hydrogens is 290 g/mol. The standard InChI is InChI=1S/C14H19N5O.ClH/c15-14(4-2-1-3-5-14)10-17-13(20)11-8-18-19-7-6-16-9-12(11)19;/h6-9H,1-5,10,15H2,(H,17,20);1H. The molecule has 0 aromatic carbocycles. The first-order chi connectivity index (χ1) is 9.68. The van der Waals surface area contributed by atoms with E-state index in [0.717, 1.165) is 25.7 Å². The second kappa shape index (κ2) is 6.41. The summed E-state index contributed by atoms with van der Waals surface area (Å²) in [5, 5.41) is 7.08. The maximum atomic E-state index is 12.3. The molecule has 1 aliphatic rings. The largest absolute Gasteiger partial charge is 0.350 e. The molecule has 1 aliphatic carbocycles. The van der Waals surface area contributed by atoms with Crippen molar-refractivity contribution in [3.05, 3.63) is 30.4 Å². The fourth-order valence-electron chi connectivity index (χ4n) is 2.79. The summed E-state index contributed by atoms with van der Waals surface area (Å²) < 4.78 is 1.64. The van der Waals surface area contributed by atoms with Crippen molar-refractivity contribution >= 4 is 23.8 Å². The zero-order chi connectivity index (χ0) is 14.0. The van der Waals surface area contributed by atoms with Gasteiger partial charge in [0.1, 0.15) is 0 Å². The highest BCUT2D eigenvalue weighted by Crippen LogP contribution is 2.25. The van der Waals surface area contributed by atoms with Gasteiger partial charge in [0.05, 0.1) is 23.5 Å². The van der Waals surface area contributed by atoms with Crippen LogP contribution < -0.4 is 11.1 Å². The van der Waals surface area contributed by atoms with Gasteiger partial charge >= 0.3 is 0 Å².